The van der Waals surface area contributed by atoms with Gasteiger partial charge in [0.1, 0.15) is 5.75 Å². The molecule has 2 atom stereocenters. The number of carbonyl (C=O) groups is 3. The summed E-state index contributed by atoms with van der Waals surface area (Å²) < 4.78 is 5.16. The normalized spacial score (nSPS) is 23.6. The third kappa shape index (κ3) is 2.32. The molecule has 1 heterocycles. The molecule has 0 aromatic heterocycles. The van der Waals surface area contributed by atoms with Crippen LogP contribution in [0.2, 0.25) is 0 Å². The lowest BCUT2D eigenvalue weighted by molar-refractivity contribution is -0.139. The summed E-state index contributed by atoms with van der Waals surface area (Å²) in [5, 5.41) is 0. The molecule has 22 heavy (non-hydrogen) atoms. The van der Waals surface area contributed by atoms with Gasteiger partial charge in [0.25, 0.3) is 0 Å². The number of nitrogens with zero attached hydrogens (tertiary/aromatic N) is 1. The number of likely N-dealkylation sites (tertiary alicyclic amines) is 1. The second-order valence-corrected chi connectivity index (χ2v) is 5.54. The van der Waals surface area contributed by atoms with Crippen LogP contribution in [0.3, 0.4) is 0 Å². The van der Waals surface area contributed by atoms with Gasteiger partial charge in [-0.2, -0.15) is 0 Å². The fourth-order valence-corrected chi connectivity index (χ4v) is 3.13. The second-order valence-electron chi connectivity index (χ2n) is 5.54. The van der Waals surface area contributed by atoms with E-state index in [0.717, 1.165) is 4.90 Å². The Morgan fingerprint density at radius 3 is 2.32 bits per heavy atom. The van der Waals surface area contributed by atoms with Crippen LogP contribution in [0.4, 0.5) is 0 Å². The van der Waals surface area contributed by atoms with Gasteiger partial charge in [-0.15, -0.1) is 0 Å². The van der Waals surface area contributed by atoms with Crippen molar-refractivity contribution in [2.24, 2.45) is 11.8 Å². The molecule has 3 rings (SSSR count). The number of hydrogen-bond acceptors (Lipinski definition) is 4. The fourth-order valence-electron chi connectivity index (χ4n) is 3.13. The summed E-state index contributed by atoms with van der Waals surface area (Å²) in [6.07, 6.45) is 5.01. The number of amides is 2. The number of Topliss-reactive ketones (excluding diaryl/α,β-unsaturated/α-hetero) is 1. The van der Waals surface area contributed by atoms with Gasteiger partial charge in [0.2, 0.25) is 11.8 Å². The molecular formula is C17H17NO4. The summed E-state index contributed by atoms with van der Waals surface area (Å²) in [4.78, 5) is 38.3. The maximum absolute atomic E-state index is 12.4. The van der Waals surface area contributed by atoms with Gasteiger partial charge >= 0.3 is 0 Å². The van der Waals surface area contributed by atoms with Crippen molar-refractivity contribution in [1.82, 2.24) is 4.90 Å². The third-order valence-corrected chi connectivity index (χ3v) is 4.31. The molecule has 1 fully saturated rings. The molecule has 0 saturated carbocycles. The number of benzene rings is 1. The Hall–Kier alpha value is -2.43. The molecule has 0 N–H and O–H groups in total. The molecule has 0 unspecified atom stereocenters. The number of hydrogen-bond donors (Lipinski definition) is 0. The van der Waals surface area contributed by atoms with Crippen LogP contribution in [-0.2, 0) is 9.59 Å². The molecule has 1 saturated heterocycles. The Morgan fingerprint density at radius 2 is 1.73 bits per heavy atom. The number of methoxy groups -OCH3 is 1. The van der Waals surface area contributed by atoms with Crippen LogP contribution in [-0.4, -0.2) is 36.2 Å². The topological polar surface area (TPSA) is 63.7 Å². The fraction of sp³-hybridized carbons (Fsp3) is 0.353. The SMILES string of the molecule is COc1ccccc1C(=O)CN1C(=O)[C@@H]2CC=CC[C@H]2C1=O. The van der Waals surface area contributed by atoms with Crippen LogP contribution in [0.5, 0.6) is 5.75 Å². The van der Waals surface area contributed by atoms with E-state index in [4.69, 9.17) is 4.74 Å². The monoisotopic (exact) mass is 299 g/mol. The van der Waals surface area contributed by atoms with Crippen molar-refractivity contribution in [2.45, 2.75) is 12.8 Å². The minimum absolute atomic E-state index is 0.217. The first-order valence-electron chi connectivity index (χ1n) is 7.30. The van der Waals surface area contributed by atoms with E-state index in [1.807, 2.05) is 12.2 Å². The van der Waals surface area contributed by atoms with Gasteiger partial charge in [0.15, 0.2) is 5.78 Å². The number of imide groups is 1. The predicted octanol–water partition coefficient (Wildman–Crippen LogP) is 1.83. The molecule has 1 aliphatic heterocycles. The molecule has 114 valence electrons. The lowest BCUT2D eigenvalue weighted by Crippen LogP contribution is -2.36. The van der Waals surface area contributed by atoms with Gasteiger partial charge in [-0.1, -0.05) is 24.3 Å². The molecule has 0 radical (unpaired) electrons. The Kier molecular flexibility index (Phi) is 3.79. The van der Waals surface area contributed by atoms with Crippen LogP contribution < -0.4 is 4.74 Å². The summed E-state index contributed by atoms with van der Waals surface area (Å²) in [7, 11) is 1.48. The van der Waals surface area contributed by atoms with Gasteiger partial charge in [-0.05, 0) is 25.0 Å². The zero-order valence-electron chi connectivity index (χ0n) is 12.3. The number of rotatable bonds is 4. The van der Waals surface area contributed by atoms with E-state index in [0.29, 0.717) is 24.2 Å². The van der Waals surface area contributed by atoms with E-state index in [1.165, 1.54) is 7.11 Å². The van der Waals surface area contributed by atoms with E-state index in [2.05, 4.69) is 0 Å². The molecule has 2 aliphatic rings. The smallest absolute Gasteiger partial charge is 0.233 e. The van der Waals surface area contributed by atoms with E-state index in [9.17, 15) is 14.4 Å². The Labute approximate surface area is 128 Å². The summed E-state index contributed by atoms with van der Waals surface area (Å²) in [6, 6.07) is 6.82. The van der Waals surface area contributed by atoms with Crippen molar-refractivity contribution in [3.8, 4) is 5.75 Å². The zero-order valence-corrected chi connectivity index (χ0v) is 12.3. The molecular weight excluding hydrogens is 282 g/mol. The van der Waals surface area contributed by atoms with Crippen molar-refractivity contribution in [2.75, 3.05) is 13.7 Å². The van der Waals surface area contributed by atoms with E-state index < -0.39 is 0 Å². The minimum Gasteiger partial charge on any atom is -0.496 e. The van der Waals surface area contributed by atoms with E-state index in [1.54, 1.807) is 24.3 Å². The highest BCUT2D eigenvalue weighted by Gasteiger charge is 2.47. The number of ether oxygens (including phenoxy) is 1. The highest BCUT2D eigenvalue weighted by Crippen LogP contribution is 2.35. The first-order chi connectivity index (χ1) is 10.6. The van der Waals surface area contributed by atoms with E-state index in [-0.39, 0.29) is 36.0 Å². The van der Waals surface area contributed by atoms with Crippen LogP contribution in [0.25, 0.3) is 0 Å². The van der Waals surface area contributed by atoms with Crippen molar-refractivity contribution in [3.05, 3.63) is 42.0 Å². The molecule has 0 spiro atoms. The predicted molar refractivity (Wildman–Crippen MR) is 79.4 cm³/mol. The molecule has 5 heteroatoms. The zero-order chi connectivity index (χ0) is 15.7. The van der Waals surface area contributed by atoms with Gasteiger partial charge < -0.3 is 4.74 Å². The average Bonchev–Trinajstić information content (AvgIpc) is 2.80. The largest absolute Gasteiger partial charge is 0.496 e. The number of ketones is 1. The molecule has 5 nitrogen and oxygen atoms in total. The number of para-hydroxylation sites is 1. The van der Waals surface area contributed by atoms with Crippen LogP contribution >= 0.6 is 0 Å². The van der Waals surface area contributed by atoms with Crippen molar-refractivity contribution >= 4 is 17.6 Å². The van der Waals surface area contributed by atoms with Crippen LogP contribution in [0.1, 0.15) is 23.2 Å². The first kappa shape index (κ1) is 14.5. The van der Waals surface area contributed by atoms with Crippen LogP contribution in [0.15, 0.2) is 36.4 Å². The summed E-state index contributed by atoms with van der Waals surface area (Å²) >= 11 is 0. The average molecular weight is 299 g/mol. The summed E-state index contributed by atoms with van der Waals surface area (Å²) in [6.45, 7) is -0.217. The van der Waals surface area contributed by atoms with Crippen molar-refractivity contribution < 1.29 is 19.1 Å². The van der Waals surface area contributed by atoms with Gasteiger partial charge in [0.05, 0.1) is 31.1 Å². The standard InChI is InChI=1S/C17H17NO4/c1-22-15-9-5-4-8-13(15)14(19)10-18-16(20)11-6-2-3-7-12(11)17(18)21/h2-5,8-9,11-12H,6-7,10H2,1H3/t11-,12-/m1/s1. The number of fused-ring (bicyclic) bond motifs is 1. The lowest BCUT2D eigenvalue weighted by atomic mass is 9.85. The first-order valence-corrected chi connectivity index (χ1v) is 7.30. The quantitative estimate of drug-likeness (QED) is 0.483. The lowest BCUT2D eigenvalue weighted by Gasteiger charge is -2.15. The molecule has 2 amide bonds. The highest BCUT2D eigenvalue weighted by molar-refractivity contribution is 6.10. The number of allylic oxidation sites excluding steroid dienone is 2. The molecule has 1 aromatic carbocycles. The summed E-state index contributed by atoms with van der Waals surface area (Å²) in [5.74, 6) is -0.910. The Balaban J connectivity index is 1.80. The highest BCUT2D eigenvalue weighted by atomic mass is 16.5. The Morgan fingerprint density at radius 1 is 1.14 bits per heavy atom. The van der Waals surface area contributed by atoms with Gasteiger partial charge in [0, 0.05) is 0 Å². The minimum atomic E-state index is -0.303. The Bertz CT molecular complexity index is 638. The van der Waals surface area contributed by atoms with Crippen molar-refractivity contribution in [1.29, 1.82) is 0 Å². The maximum atomic E-state index is 12.4. The number of carbonyl (C=O) groups excluding carboxylic acids is 3. The summed E-state index contributed by atoms with van der Waals surface area (Å²) in [5.41, 5.74) is 0.388. The van der Waals surface area contributed by atoms with Gasteiger partial charge in [-0.3, -0.25) is 19.3 Å². The second kappa shape index (κ2) is 5.75. The van der Waals surface area contributed by atoms with Crippen LogP contribution in [0, 0.1) is 11.8 Å². The third-order valence-electron chi connectivity index (χ3n) is 4.31. The molecule has 0 bridgehead atoms. The van der Waals surface area contributed by atoms with Gasteiger partial charge in [-0.25, -0.2) is 0 Å². The maximum Gasteiger partial charge on any atom is 0.233 e. The molecule has 1 aromatic rings. The molecule has 1 aliphatic carbocycles. The van der Waals surface area contributed by atoms with Crippen molar-refractivity contribution in [3.63, 3.8) is 0 Å². The van der Waals surface area contributed by atoms with E-state index >= 15 is 0 Å².